The normalized spacial score (nSPS) is 10.5. The molecule has 1 rings (SSSR count). The van der Waals surface area contributed by atoms with E-state index < -0.39 is 0 Å². The molecule has 0 aliphatic rings. The molecule has 0 saturated carbocycles. The lowest BCUT2D eigenvalue weighted by Gasteiger charge is -2.04. The van der Waals surface area contributed by atoms with Crippen LogP contribution >= 0.6 is 11.6 Å². The molecule has 0 aromatic heterocycles. The third-order valence-corrected chi connectivity index (χ3v) is 2.36. The third-order valence-electron chi connectivity index (χ3n) is 1.96. The van der Waals surface area contributed by atoms with Crippen molar-refractivity contribution in [2.24, 2.45) is 0 Å². The van der Waals surface area contributed by atoms with Crippen molar-refractivity contribution in [2.75, 3.05) is 6.61 Å². The van der Waals surface area contributed by atoms with Gasteiger partial charge in [-0.15, -0.1) is 0 Å². The van der Waals surface area contributed by atoms with Crippen LogP contribution in [0.5, 0.6) is 0 Å². The molecule has 0 atom stereocenters. The standard InChI is InChI=1S/C10H12ClFO/c1-7-9(11)5-8(3-2-4-13)6-10(7)12/h5-6,13H,2-4H2,1H3. The maximum absolute atomic E-state index is 13.1. The summed E-state index contributed by atoms with van der Waals surface area (Å²) in [5.41, 5.74) is 1.32. The van der Waals surface area contributed by atoms with Crippen LogP contribution in [0.15, 0.2) is 12.1 Å². The summed E-state index contributed by atoms with van der Waals surface area (Å²) in [5, 5.41) is 9.05. The van der Waals surface area contributed by atoms with E-state index in [2.05, 4.69) is 0 Å². The van der Waals surface area contributed by atoms with Gasteiger partial charge in [0.1, 0.15) is 5.82 Å². The van der Waals surface area contributed by atoms with E-state index in [0.717, 1.165) is 5.56 Å². The number of rotatable bonds is 3. The number of benzene rings is 1. The molecule has 0 radical (unpaired) electrons. The number of aliphatic hydroxyl groups is 1. The van der Waals surface area contributed by atoms with Gasteiger partial charge < -0.3 is 5.11 Å². The third kappa shape index (κ3) is 2.68. The summed E-state index contributed by atoms with van der Waals surface area (Å²) in [7, 11) is 0. The van der Waals surface area contributed by atoms with Gasteiger partial charge in [0.05, 0.1) is 0 Å². The highest BCUT2D eigenvalue weighted by molar-refractivity contribution is 6.31. The van der Waals surface area contributed by atoms with Crippen LogP contribution in [-0.2, 0) is 6.42 Å². The van der Waals surface area contributed by atoms with Crippen molar-refractivity contribution in [3.8, 4) is 0 Å². The Kier molecular flexibility index (Phi) is 3.70. The fourth-order valence-electron chi connectivity index (χ4n) is 1.13. The number of aliphatic hydroxyl groups excluding tert-OH is 1. The molecule has 0 amide bonds. The molecule has 3 heteroatoms. The lowest BCUT2D eigenvalue weighted by atomic mass is 10.1. The van der Waals surface area contributed by atoms with E-state index in [-0.39, 0.29) is 12.4 Å². The molecule has 0 unspecified atom stereocenters. The van der Waals surface area contributed by atoms with Crippen LogP contribution in [0.2, 0.25) is 5.02 Å². The van der Waals surface area contributed by atoms with Crippen molar-refractivity contribution < 1.29 is 9.50 Å². The van der Waals surface area contributed by atoms with Gasteiger partial charge in [0, 0.05) is 17.2 Å². The highest BCUT2D eigenvalue weighted by atomic mass is 35.5. The Morgan fingerprint density at radius 2 is 2.15 bits per heavy atom. The Labute approximate surface area is 82.2 Å². The highest BCUT2D eigenvalue weighted by Crippen LogP contribution is 2.21. The molecule has 1 aromatic carbocycles. The van der Waals surface area contributed by atoms with Crippen molar-refractivity contribution in [3.05, 3.63) is 34.1 Å². The SMILES string of the molecule is Cc1c(F)cc(CCCO)cc1Cl. The number of halogens is 2. The van der Waals surface area contributed by atoms with Crippen LogP contribution in [0.4, 0.5) is 4.39 Å². The second-order valence-electron chi connectivity index (χ2n) is 3.01. The average Bonchev–Trinajstić information content (AvgIpc) is 2.10. The van der Waals surface area contributed by atoms with Gasteiger partial charge in [0.15, 0.2) is 0 Å². The van der Waals surface area contributed by atoms with Crippen LogP contribution in [-0.4, -0.2) is 11.7 Å². The Morgan fingerprint density at radius 3 is 2.69 bits per heavy atom. The van der Waals surface area contributed by atoms with Crippen molar-refractivity contribution >= 4 is 11.6 Å². The van der Waals surface area contributed by atoms with Gasteiger partial charge in [0.25, 0.3) is 0 Å². The Hall–Kier alpha value is -0.600. The molecule has 1 N–H and O–H groups in total. The van der Waals surface area contributed by atoms with Crippen LogP contribution in [0.3, 0.4) is 0 Å². The topological polar surface area (TPSA) is 20.2 Å². The van der Waals surface area contributed by atoms with E-state index in [4.69, 9.17) is 16.7 Å². The molecule has 72 valence electrons. The van der Waals surface area contributed by atoms with Crippen LogP contribution in [0, 0.1) is 12.7 Å². The minimum Gasteiger partial charge on any atom is -0.396 e. The molecule has 0 aliphatic heterocycles. The Morgan fingerprint density at radius 1 is 1.46 bits per heavy atom. The molecule has 13 heavy (non-hydrogen) atoms. The first-order valence-corrected chi connectivity index (χ1v) is 4.58. The van der Waals surface area contributed by atoms with Gasteiger partial charge in [-0.2, -0.15) is 0 Å². The maximum atomic E-state index is 13.1. The summed E-state index contributed by atoms with van der Waals surface area (Å²) in [6, 6.07) is 3.21. The van der Waals surface area contributed by atoms with E-state index in [0.29, 0.717) is 23.4 Å². The van der Waals surface area contributed by atoms with Gasteiger partial charge in [-0.3, -0.25) is 0 Å². The number of hydrogen-bond acceptors (Lipinski definition) is 1. The molecular weight excluding hydrogens is 191 g/mol. The summed E-state index contributed by atoms with van der Waals surface area (Å²) in [6.07, 6.45) is 1.30. The van der Waals surface area contributed by atoms with Crippen LogP contribution < -0.4 is 0 Å². The lowest BCUT2D eigenvalue weighted by molar-refractivity contribution is 0.288. The predicted octanol–water partition coefficient (Wildman–Crippen LogP) is 2.71. The number of hydrogen-bond donors (Lipinski definition) is 1. The molecular formula is C10H12ClFO. The predicted molar refractivity (Wildman–Crippen MR) is 51.6 cm³/mol. The summed E-state index contributed by atoms with van der Waals surface area (Å²) >= 11 is 5.80. The van der Waals surface area contributed by atoms with Gasteiger partial charge in [-0.1, -0.05) is 11.6 Å². The maximum Gasteiger partial charge on any atom is 0.127 e. The molecule has 1 aromatic rings. The Balaban J connectivity index is 2.86. The highest BCUT2D eigenvalue weighted by Gasteiger charge is 2.04. The van der Waals surface area contributed by atoms with Gasteiger partial charge in [0.2, 0.25) is 0 Å². The molecule has 0 fully saturated rings. The summed E-state index contributed by atoms with van der Waals surface area (Å²) < 4.78 is 13.1. The second-order valence-corrected chi connectivity index (χ2v) is 3.42. The van der Waals surface area contributed by atoms with E-state index in [1.54, 1.807) is 13.0 Å². The first-order valence-electron chi connectivity index (χ1n) is 4.20. The first kappa shape index (κ1) is 10.5. The summed E-state index contributed by atoms with van der Waals surface area (Å²) in [4.78, 5) is 0. The monoisotopic (exact) mass is 202 g/mol. The first-order chi connectivity index (χ1) is 6.15. The molecule has 0 saturated heterocycles. The lowest BCUT2D eigenvalue weighted by Crippen LogP contribution is -1.93. The van der Waals surface area contributed by atoms with E-state index in [1.807, 2.05) is 0 Å². The zero-order valence-electron chi connectivity index (χ0n) is 7.48. The van der Waals surface area contributed by atoms with Gasteiger partial charge in [-0.05, 0) is 37.5 Å². The molecule has 0 aliphatic carbocycles. The quantitative estimate of drug-likeness (QED) is 0.799. The molecule has 0 spiro atoms. The molecule has 0 bridgehead atoms. The zero-order chi connectivity index (χ0) is 9.84. The van der Waals surface area contributed by atoms with Crippen LogP contribution in [0.25, 0.3) is 0 Å². The fourth-order valence-corrected chi connectivity index (χ4v) is 1.36. The Bertz CT molecular complexity index is 276. The van der Waals surface area contributed by atoms with Gasteiger partial charge >= 0.3 is 0 Å². The summed E-state index contributed by atoms with van der Waals surface area (Å²) in [6.45, 7) is 1.76. The summed E-state index contributed by atoms with van der Waals surface area (Å²) in [5.74, 6) is -0.277. The van der Waals surface area contributed by atoms with E-state index >= 15 is 0 Å². The van der Waals surface area contributed by atoms with Crippen molar-refractivity contribution in [1.29, 1.82) is 0 Å². The molecule has 0 heterocycles. The molecule has 1 nitrogen and oxygen atoms in total. The van der Waals surface area contributed by atoms with Gasteiger partial charge in [-0.25, -0.2) is 4.39 Å². The van der Waals surface area contributed by atoms with Crippen molar-refractivity contribution in [3.63, 3.8) is 0 Å². The number of aryl methyl sites for hydroxylation is 1. The van der Waals surface area contributed by atoms with E-state index in [1.165, 1.54) is 6.07 Å². The average molecular weight is 203 g/mol. The minimum atomic E-state index is -0.277. The fraction of sp³-hybridized carbons (Fsp3) is 0.400. The second kappa shape index (κ2) is 4.58. The van der Waals surface area contributed by atoms with Crippen molar-refractivity contribution in [2.45, 2.75) is 19.8 Å². The zero-order valence-corrected chi connectivity index (χ0v) is 8.24. The van der Waals surface area contributed by atoms with E-state index in [9.17, 15) is 4.39 Å². The minimum absolute atomic E-state index is 0.118. The van der Waals surface area contributed by atoms with Crippen molar-refractivity contribution in [1.82, 2.24) is 0 Å². The van der Waals surface area contributed by atoms with Crippen LogP contribution in [0.1, 0.15) is 17.5 Å². The smallest absolute Gasteiger partial charge is 0.127 e. The largest absolute Gasteiger partial charge is 0.396 e.